The fraction of sp³-hybridized carbons (Fsp3) is 0.231. The van der Waals surface area contributed by atoms with E-state index >= 15 is 0 Å². The highest BCUT2D eigenvalue weighted by Crippen LogP contribution is 2.14. The fourth-order valence-electron chi connectivity index (χ4n) is 1.60. The maximum atomic E-state index is 11.6. The molecule has 0 radical (unpaired) electrons. The molecule has 120 valence electrons. The molecule has 2 rings (SSSR count). The van der Waals surface area contributed by atoms with E-state index in [4.69, 9.17) is 4.42 Å². The van der Waals surface area contributed by atoms with Crippen molar-refractivity contribution >= 4 is 29.8 Å². The molecule has 0 fully saturated rings. The Morgan fingerprint density at radius 3 is 2.74 bits per heavy atom. The summed E-state index contributed by atoms with van der Waals surface area (Å²) in [5, 5.41) is 14.6. The van der Waals surface area contributed by atoms with Crippen molar-refractivity contribution in [3.8, 4) is 0 Å². The molecule has 1 amide bonds. The summed E-state index contributed by atoms with van der Waals surface area (Å²) in [5.74, 6) is -0.476. The Balaban J connectivity index is 1.82. The van der Waals surface area contributed by atoms with Crippen molar-refractivity contribution in [1.82, 2.24) is 15.4 Å². The van der Waals surface area contributed by atoms with Gasteiger partial charge in [-0.05, 0) is 26.0 Å². The molecular formula is C13H13N5O4S. The van der Waals surface area contributed by atoms with Gasteiger partial charge in [0.25, 0.3) is 5.91 Å². The third-order valence-electron chi connectivity index (χ3n) is 2.47. The summed E-state index contributed by atoms with van der Waals surface area (Å²) in [6.45, 7) is 3.71. The number of aryl methyl sites for hydroxylation is 2. The first-order valence-corrected chi connectivity index (χ1v) is 7.44. The summed E-state index contributed by atoms with van der Waals surface area (Å²) in [7, 11) is 0. The molecule has 2 aromatic heterocycles. The van der Waals surface area contributed by atoms with Crippen molar-refractivity contribution in [3.63, 3.8) is 0 Å². The van der Waals surface area contributed by atoms with Crippen LogP contribution in [0.4, 0.5) is 5.88 Å². The number of thioether (sulfide) groups is 1. The number of nitrogens with zero attached hydrogens (tertiary/aromatic N) is 4. The van der Waals surface area contributed by atoms with Crippen LogP contribution in [0.25, 0.3) is 0 Å². The molecule has 0 saturated heterocycles. The minimum atomic E-state index is -0.656. The fourth-order valence-corrected chi connectivity index (χ4v) is 2.34. The van der Waals surface area contributed by atoms with Gasteiger partial charge in [-0.3, -0.25) is 14.9 Å². The monoisotopic (exact) mass is 335 g/mol. The molecule has 0 atom stereocenters. The molecule has 0 aromatic carbocycles. The van der Waals surface area contributed by atoms with E-state index in [9.17, 15) is 14.9 Å². The van der Waals surface area contributed by atoms with Gasteiger partial charge in [-0.25, -0.2) is 15.4 Å². The van der Waals surface area contributed by atoms with Gasteiger partial charge in [0.05, 0.1) is 18.0 Å². The van der Waals surface area contributed by atoms with E-state index in [0.29, 0.717) is 5.16 Å². The van der Waals surface area contributed by atoms with Gasteiger partial charge in [0.15, 0.2) is 10.9 Å². The van der Waals surface area contributed by atoms with E-state index in [-0.39, 0.29) is 23.3 Å². The lowest BCUT2D eigenvalue weighted by Crippen LogP contribution is -2.19. The van der Waals surface area contributed by atoms with E-state index < -0.39 is 4.92 Å². The summed E-state index contributed by atoms with van der Waals surface area (Å²) >= 11 is 1.19. The molecular weight excluding hydrogens is 322 g/mol. The number of rotatable bonds is 6. The number of hydrogen-bond acceptors (Lipinski definition) is 8. The number of furan rings is 1. The van der Waals surface area contributed by atoms with Crippen LogP contribution in [-0.2, 0) is 4.79 Å². The third-order valence-corrected chi connectivity index (χ3v) is 3.32. The number of carbonyl (C=O) groups excluding carboxylic acids is 1. The molecule has 0 spiro atoms. The summed E-state index contributed by atoms with van der Waals surface area (Å²) in [6.07, 6.45) is 1.18. The van der Waals surface area contributed by atoms with E-state index in [0.717, 1.165) is 11.4 Å². The molecule has 0 bridgehead atoms. The number of nitro groups is 1. The maximum absolute atomic E-state index is 11.6. The Bertz CT molecular complexity index is 738. The Labute approximate surface area is 135 Å². The summed E-state index contributed by atoms with van der Waals surface area (Å²) in [6, 6.07) is 4.43. The lowest BCUT2D eigenvalue weighted by molar-refractivity contribution is -0.402. The van der Waals surface area contributed by atoms with Gasteiger partial charge in [0.2, 0.25) is 0 Å². The van der Waals surface area contributed by atoms with Crippen molar-refractivity contribution < 1.29 is 14.1 Å². The lowest BCUT2D eigenvalue weighted by atomic mass is 10.4. The number of hydrogen-bond donors (Lipinski definition) is 1. The lowest BCUT2D eigenvalue weighted by Gasteiger charge is -2.02. The second-order valence-corrected chi connectivity index (χ2v) is 5.39. The van der Waals surface area contributed by atoms with E-state index in [1.807, 2.05) is 19.9 Å². The van der Waals surface area contributed by atoms with Gasteiger partial charge in [-0.1, -0.05) is 11.8 Å². The van der Waals surface area contributed by atoms with E-state index in [2.05, 4.69) is 20.5 Å². The molecule has 0 aliphatic heterocycles. The summed E-state index contributed by atoms with van der Waals surface area (Å²) in [4.78, 5) is 29.9. The molecule has 2 heterocycles. The zero-order valence-electron chi connectivity index (χ0n) is 12.3. The van der Waals surface area contributed by atoms with Gasteiger partial charge in [-0.15, -0.1) is 0 Å². The molecule has 1 N–H and O–H groups in total. The van der Waals surface area contributed by atoms with E-state index in [1.165, 1.54) is 30.1 Å². The minimum Gasteiger partial charge on any atom is -0.400 e. The van der Waals surface area contributed by atoms with Crippen LogP contribution in [0.3, 0.4) is 0 Å². The van der Waals surface area contributed by atoms with Crippen molar-refractivity contribution in [2.75, 3.05) is 5.75 Å². The highest BCUT2D eigenvalue weighted by molar-refractivity contribution is 7.99. The van der Waals surface area contributed by atoms with Crippen LogP contribution in [0.5, 0.6) is 0 Å². The Morgan fingerprint density at radius 1 is 1.43 bits per heavy atom. The first-order chi connectivity index (χ1) is 10.9. The van der Waals surface area contributed by atoms with Crippen LogP contribution < -0.4 is 5.43 Å². The number of nitrogens with one attached hydrogen (secondary N) is 1. The van der Waals surface area contributed by atoms with Crippen LogP contribution in [0.2, 0.25) is 0 Å². The summed E-state index contributed by atoms with van der Waals surface area (Å²) < 4.78 is 4.86. The van der Waals surface area contributed by atoms with Gasteiger partial charge in [0.1, 0.15) is 4.92 Å². The van der Waals surface area contributed by atoms with Crippen LogP contribution in [0, 0.1) is 24.0 Å². The average Bonchev–Trinajstić information content (AvgIpc) is 2.93. The maximum Gasteiger partial charge on any atom is 0.433 e. The smallest absolute Gasteiger partial charge is 0.400 e. The number of amides is 1. The van der Waals surface area contributed by atoms with Crippen molar-refractivity contribution in [3.05, 3.63) is 45.5 Å². The Kier molecular flexibility index (Phi) is 5.41. The zero-order valence-corrected chi connectivity index (χ0v) is 13.2. The normalized spacial score (nSPS) is 10.9. The minimum absolute atomic E-state index is 0.0958. The first-order valence-electron chi connectivity index (χ1n) is 6.45. The number of aromatic nitrogens is 2. The van der Waals surface area contributed by atoms with Crippen LogP contribution in [-0.4, -0.2) is 32.8 Å². The first kappa shape index (κ1) is 16.6. The molecule has 0 aliphatic rings. The van der Waals surface area contributed by atoms with Crippen LogP contribution >= 0.6 is 11.8 Å². The predicted octanol–water partition coefficient (Wildman–Crippen LogP) is 1.84. The van der Waals surface area contributed by atoms with Crippen LogP contribution in [0.1, 0.15) is 17.1 Å². The standard InChI is InChI=1S/C13H13N5O4S/c1-8-5-9(2)16-13(15-8)23-7-11(19)17-14-6-10-3-4-12(22-10)18(20)21/h3-6H,7H2,1-2H3,(H,17,19). The van der Waals surface area contributed by atoms with Gasteiger partial charge in [0, 0.05) is 11.4 Å². The number of carbonyl (C=O) groups is 1. The van der Waals surface area contributed by atoms with Crippen molar-refractivity contribution in [1.29, 1.82) is 0 Å². The average molecular weight is 335 g/mol. The quantitative estimate of drug-likeness (QED) is 0.281. The van der Waals surface area contributed by atoms with Gasteiger partial charge in [-0.2, -0.15) is 5.10 Å². The van der Waals surface area contributed by atoms with Gasteiger partial charge >= 0.3 is 5.88 Å². The van der Waals surface area contributed by atoms with Crippen molar-refractivity contribution in [2.45, 2.75) is 19.0 Å². The third kappa shape index (κ3) is 5.18. The molecule has 23 heavy (non-hydrogen) atoms. The molecule has 9 nitrogen and oxygen atoms in total. The summed E-state index contributed by atoms with van der Waals surface area (Å²) in [5.41, 5.74) is 3.96. The molecule has 2 aromatic rings. The highest BCUT2D eigenvalue weighted by Gasteiger charge is 2.10. The van der Waals surface area contributed by atoms with Gasteiger partial charge < -0.3 is 4.42 Å². The second-order valence-electron chi connectivity index (χ2n) is 4.45. The van der Waals surface area contributed by atoms with Crippen LogP contribution in [0.15, 0.2) is 32.9 Å². The molecule has 10 heteroatoms. The molecule has 0 saturated carbocycles. The van der Waals surface area contributed by atoms with Crippen molar-refractivity contribution in [2.24, 2.45) is 5.10 Å². The predicted molar refractivity (Wildman–Crippen MR) is 83.3 cm³/mol. The SMILES string of the molecule is Cc1cc(C)nc(SCC(=O)NN=Cc2ccc([N+](=O)[O-])o2)n1. The highest BCUT2D eigenvalue weighted by atomic mass is 32.2. The molecule has 0 unspecified atom stereocenters. The molecule has 0 aliphatic carbocycles. The topological polar surface area (TPSA) is 124 Å². The zero-order chi connectivity index (χ0) is 16.8. The second kappa shape index (κ2) is 7.49. The largest absolute Gasteiger partial charge is 0.433 e. The Morgan fingerprint density at radius 2 is 2.13 bits per heavy atom. The Hall–Kier alpha value is -2.75. The van der Waals surface area contributed by atoms with E-state index in [1.54, 1.807) is 0 Å². The number of hydrazone groups is 1.